The summed E-state index contributed by atoms with van der Waals surface area (Å²) in [5.41, 5.74) is 11.9. The van der Waals surface area contributed by atoms with Gasteiger partial charge in [0.2, 0.25) is 5.91 Å². The Balaban J connectivity index is 2.74. The third-order valence-electron chi connectivity index (χ3n) is 2.15. The molecule has 88 valence electrons. The average molecular weight is 290 g/mol. The van der Waals surface area contributed by atoms with Crippen molar-refractivity contribution in [3.63, 3.8) is 0 Å². The molecule has 16 heavy (non-hydrogen) atoms. The summed E-state index contributed by atoms with van der Waals surface area (Å²) in [6.45, 7) is 1.97. The standard InChI is InChI=1S/C10H13BrFN3O/c1-5-2-7(12)6(11)3-9(5)15-4-8(13)10(14)16/h2-3,8,15H,4,13H2,1H3,(H2,14,16). The molecule has 1 amide bonds. The minimum absolute atomic E-state index is 0.217. The van der Waals surface area contributed by atoms with Crippen LogP contribution < -0.4 is 16.8 Å². The summed E-state index contributed by atoms with van der Waals surface area (Å²) in [6.07, 6.45) is 0. The summed E-state index contributed by atoms with van der Waals surface area (Å²) < 4.78 is 13.5. The molecule has 1 atom stereocenters. The molecule has 0 aliphatic rings. The van der Waals surface area contributed by atoms with Crippen LogP contribution in [0.5, 0.6) is 0 Å². The van der Waals surface area contributed by atoms with Crippen LogP contribution in [0.1, 0.15) is 5.56 Å². The third-order valence-corrected chi connectivity index (χ3v) is 2.75. The summed E-state index contributed by atoms with van der Waals surface area (Å²) in [5.74, 6) is -0.909. The Morgan fingerprint density at radius 3 is 2.81 bits per heavy atom. The van der Waals surface area contributed by atoms with E-state index in [1.54, 1.807) is 13.0 Å². The lowest BCUT2D eigenvalue weighted by Gasteiger charge is -2.13. The summed E-state index contributed by atoms with van der Waals surface area (Å²) in [5, 5.41) is 2.94. The number of nitrogens with one attached hydrogen (secondary N) is 1. The van der Waals surface area contributed by atoms with E-state index in [0.717, 1.165) is 5.56 Å². The number of rotatable bonds is 4. The normalized spacial score (nSPS) is 12.2. The zero-order valence-electron chi connectivity index (χ0n) is 8.76. The molecular formula is C10H13BrFN3O. The van der Waals surface area contributed by atoms with Crippen molar-refractivity contribution >= 4 is 27.5 Å². The fraction of sp³-hybridized carbons (Fsp3) is 0.300. The first kappa shape index (κ1) is 12.9. The van der Waals surface area contributed by atoms with Crippen molar-refractivity contribution < 1.29 is 9.18 Å². The maximum atomic E-state index is 13.1. The van der Waals surface area contributed by atoms with Crippen LogP contribution in [0.4, 0.5) is 10.1 Å². The van der Waals surface area contributed by atoms with Gasteiger partial charge >= 0.3 is 0 Å². The van der Waals surface area contributed by atoms with E-state index < -0.39 is 11.9 Å². The maximum Gasteiger partial charge on any atom is 0.236 e. The lowest BCUT2D eigenvalue weighted by molar-refractivity contribution is -0.118. The number of amides is 1. The second-order valence-electron chi connectivity index (χ2n) is 3.47. The van der Waals surface area contributed by atoms with Gasteiger partial charge in [0, 0.05) is 12.2 Å². The van der Waals surface area contributed by atoms with Gasteiger partial charge in [0.25, 0.3) is 0 Å². The van der Waals surface area contributed by atoms with Crippen LogP contribution in [0.25, 0.3) is 0 Å². The molecule has 0 bridgehead atoms. The smallest absolute Gasteiger partial charge is 0.236 e. The molecule has 1 aromatic carbocycles. The Hall–Kier alpha value is -1.14. The predicted octanol–water partition coefficient (Wildman–Crippen LogP) is 1.12. The number of primary amides is 1. The highest BCUT2D eigenvalue weighted by Gasteiger charge is 2.10. The van der Waals surface area contributed by atoms with Gasteiger partial charge in [0.1, 0.15) is 11.9 Å². The van der Waals surface area contributed by atoms with Gasteiger partial charge in [-0.05, 0) is 40.5 Å². The van der Waals surface area contributed by atoms with E-state index in [9.17, 15) is 9.18 Å². The summed E-state index contributed by atoms with van der Waals surface area (Å²) in [7, 11) is 0. The Morgan fingerprint density at radius 1 is 1.62 bits per heavy atom. The van der Waals surface area contributed by atoms with Crippen LogP contribution in [0.3, 0.4) is 0 Å². The highest BCUT2D eigenvalue weighted by molar-refractivity contribution is 9.10. The number of carbonyl (C=O) groups is 1. The molecule has 6 heteroatoms. The number of halogens is 2. The zero-order valence-corrected chi connectivity index (χ0v) is 10.3. The van der Waals surface area contributed by atoms with Gasteiger partial charge in [-0.15, -0.1) is 0 Å². The van der Waals surface area contributed by atoms with Crippen molar-refractivity contribution in [1.82, 2.24) is 0 Å². The van der Waals surface area contributed by atoms with Crippen LogP contribution in [0, 0.1) is 12.7 Å². The van der Waals surface area contributed by atoms with Crippen LogP contribution in [-0.4, -0.2) is 18.5 Å². The third kappa shape index (κ3) is 3.18. The zero-order chi connectivity index (χ0) is 12.3. The van der Waals surface area contributed by atoms with Gasteiger partial charge in [0.15, 0.2) is 0 Å². The van der Waals surface area contributed by atoms with E-state index >= 15 is 0 Å². The molecule has 4 nitrogen and oxygen atoms in total. The molecule has 0 heterocycles. The van der Waals surface area contributed by atoms with E-state index in [1.165, 1.54) is 6.07 Å². The van der Waals surface area contributed by atoms with Crippen LogP contribution >= 0.6 is 15.9 Å². The van der Waals surface area contributed by atoms with Crippen LogP contribution in [0.2, 0.25) is 0 Å². The lowest BCUT2D eigenvalue weighted by atomic mass is 10.2. The van der Waals surface area contributed by atoms with Crippen molar-refractivity contribution in [2.75, 3.05) is 11.9 Å². The molecular weight excluding hydrogens is 277 g/mol. The van der Waals surface area contributed by atoms with Gasteiger partial charge in [-0.3, -0.25) is 4.79 Å². The van der Waals surface area contributed by atoms with Gasteiger partial charge in [-0.2, -0.15) is 0 Å². The number of nitrogens with two attached hydrogens (primary N) is 2. The number of aryl methyl sites for hydroxylation is 1. The van der Waals surface area contributed by atoms with E-state index in [4.69, 9.17) is 11.5 Å². The van der Waals surface area contributed by atoms with E-state index in [-0.39, 0.29) is 12.4 Å². The first-order valence-corrected chi connectivity index (χ1v) is 5.45. The molecule has 0 radical (unpaired) electrons. The molecule has 0 aliphatic heterocycles. The minimum atomic E-state index is -0.761. The SMILES string of the molecule is Cc1cc(F)c(Br)cc1NCC(N)C(N)=O. The second kappa shape index (κ2) is 5.27. The van der Waals surface area contributed by atoms with Gasteiger partial charge in [-0.25, -0.2) is 4.39 Å². The predicted molar refractivity (Wildman–Crippen MR) is 64.5 cm³/mol. The molecule has 0 saturated heterocycles. The summed E-state index contributed by atoms with van der Waals surface area (Å²) in [4.78, 5) is 10.7. The molecule has 0 aromatic heterocycles. The van der Waals surface area contributed by atoms with Crippen LogP contribution in [-0.2, 0) is 4.79 Å². The Kier molecular flexibility index (Phi) is 4.26. The van der Waals surface area contributed by atoms with Crippen molar-refractivity contribution in [2.45, 2.75) is 13.0 Å². The Morgan fingerprint density at radius 2 is 2.25 bits per heavy atom. The van der Waals surface area contributed by atoms with Gasteiger partial charge in [0.05, 0.1) is 4.47 Å². The minimum Gasteiger partial charge on any atom is -0.383 e. The molecule has 0 spiro atoms. The lowest BCUT2D eigenvalue weighted by Crippen LogP contribution is -2.41. The summed E-state index contributed by atoms with van der Waals surface area (Å²) in [6, 6.07) is 2.23. The van der Waals surface area contributed by atoms with E-state index in [0.29, 0.717) is 10.2 Å². The van der Waals surface area contributed by atoms with Crippen molar-refractivity contribution in [3.05, 3.63) is 28.0 Å². The van der Waals surface area contributed by atoms with Crippen LogP contribution in [0.15, 0.2) is 16.6 Å². The molecule has 1 unspecified atom stereocenters. The van der Waals surface area contributed by atoms with E-state index in [1.807, 2.05) is 0 Å². The number of hydrogen-bond donors (Lipinski definition) is 3. The van der Waals surface area contributed by atoms with Crippen molar-refractivity contribution in [1.29, 1.82) is 0 Å². The monoisotopic (exact) mass is 289 g/mol. The molecule has 1 aromatic rings. The number of hydrogen-bond acceptors (Lipinski definition) is 3. The largest absolute Gasteiger partial charge is 0.383 e. The number of anilines is 1. The molecule has 0 saturated carbocycles. The van der Waals surface area contributed by atoms with Gasteiger partial charge < -0.3 is 16.8 Å². The maximum absolute atomic E-state index is 13.1. The van der Waals surface area contributed by atoms with Gasteiger partial charge in [-0.1, -0.05) is 0 Å². The Labute approximate surface area is 101 Å². The average Bonchev–Trinajstić information content (AvgIpc) is 2.20. The topological polar surface area (TPSA) is 81.1 Å². The number of carbonyl (C=O) groups excluding carboxylic acids is 1. The number of benzene rings is 1. The van der Waals surface area contributed by atoms with Crippen molar-refractivity contribution in [3.8, 4) is 0 Å². The first-order valence-electron chi connectivity index (χ1n) is 4.66. The van der Waals surface area contributed by atoms with Crippen molar-refractivity contribution in [2.24, 2.45) is 11.5 Å². The molecule has 0 aliphatic carbocycles. The Bertz CT molecular complexity index is 411. The second-order valence-corrected chi connectivity index (χ2v) is 4.33. The molecule has 1 rings (SSSR count). The quantitative estimate of drug-likeness (QED) is 0.777. The van der Waals surface area contributed by atoms with E-state index in [2.05, 4.69) is 21.2 Å². The fourth-order valence-corrected chi connectivity index (χ4v) is 1.50. The first-order chi connectivity index (χ1) is 7.41. The molecule has 5 N–H and O–H groups in total. The molecule has 0 fully saturated rings. The summed E-state index contributed by atoms with van der Waals surface area (Å²) >= 11 is 3.08. The fourth-order valence-electron chi connectivity index (χ4n) is 1.16. The highest BCUT2D eigenvalue weighted by atomic mass is 79.9. The highest BCUT2D eigenvalue weighted by Crippen LogP contribution is 2.23.